The summed E-state index contributed by atoms with van der Waals surface area (Å²) in [6.45, 7) is 2.81. The van der Waals surface area contributed by atoms with Crippen molar-refractivity contribution in [1.29, 1.82) is 0 Å². The van der Waals surface area contributed by atoms with Crippen molar-refractivity contribution in [1.82, 2.24) is 0 Å². The molecule has 0 aliphatic rings. The van der Waals surface area contributed by atoms with Gasteiger partial charge in [0, 0.05) is 0 Å². The topological polar surface area (TPSA) is 133 Å². The Bertz CT molecular complexity index is 258. The van der Waals surface area contributed by atoms with Crippen LogP contribution in [0.1, 0.15) is 0 Å². The van der Waals surface area contributed by atoms with Crippen molar-refractivity contribution < 1.29 is 50.8 Å². The maximum absolute atomic E-state index is 10.5. The molecule has 0 rings (SSSR count). The second-order valence-corrected chi connectivity index (χ2v) is 5.45. The Morgan fingerprint density at radius 1 is 1.38 bits per heavy atom. The SMILES string of the molecule is C=COP(=O)([O-])C(O)P(=O)([O-])[O-].[Cr+3]. The first kappa shape index (κ1) is 15.8. The molecule has 0 aliphatic heterocycles. The van der Waals surface area contributed by atoms with Gasteiger partial charge in [-0.1, -0.05) is 6.58 Å². The van der Waals surface area contributed by atoms with Crippen LogP contribution in [-0.2, 0) is 31.0 Å². The Balaban J connectivity index is 0. The van der Waals surface area contributed by atoms with Crippen LogP contribution >= 0.6 is 15.2 Å². The molecule has 1 radical (unpaired) electrons. The summed E-state index contributed by atoms with van der Waals surface area (Å²) < 4.78 is 24.1. The third-order valence-electron chi connectivity index (χ3n) is 0.787. The van der Waals surface area contributed by atoms with E-state index in [4.69, 9.17) is 5.11 Å². The Morgan fingerprint density at radius 3 is 2.00 bits per heavy atom. The van der Waals surface area contributed by atoms with Crippen LogP contribution in [0, 0.1) is 0 Å². The minimum Gasteiger partial charge on any atom is -0.809 e. The van der Waals surface area contributed by atoms with Crippen LogP contribution in [0.5, 0.6) is 0 Å². The Morgan fingerprint density at radius 2 is 1.77 bits per heavy atom. The number of aliphatic hydroxyl groups is 1. The third kappa shape index (κ3) is 4.97. The van der Waals surface area contributed by atoms with Crippen LogP contribution in [-0.4, -0.2) is 10.7 Å². The van der Waals surface area contributed by atoms with Crippen LogP contribution in [0.2, 0.25) is 0 Å². The fourth-order valence-corrected chi connectivity index (χ4v) is 2.20. The van der Waals surface area contributed by atoms with E-state index in [0.717, 1.165) is 0 Å². The van der Waals surface area contributed by atoms with Gasteiger partial charge < -0.3 is 28.9 Å². The first-order valence-corrected chi connectivity index (χ1v) is 5.74. The summed E-state index contributed by atoms with van der Waals surface area (Å²) in [7, 11) is -10.7. The predicted octanol–water partition coefficient (Wildman–Crippen LogP) is -2.11. The monoisotopic (exact) mass is 267 g/mol. The van der Waals surface area contributed by atoms with Gasteiger partial charge in [0.2, 0.25) is 7.60 Å². The number of rotatable bonds is 4. The summed E-state index contributed by atoms with van der Waals surface area (Å²) in [5.41, 5.74) is -3.07. The van der Waals surface area contributed by atoms with E-state index in [0.29, 0.717) is 6.26 Å². The molecule has 2 unspecified atom stereocenters. The number of aliphatic hydroxyl groups excluding tert-OH is 1. The van der Waals surface area contributed by atoms with E-state index in [1.54, 1.807) is 0 Å². The second-order valence-electron chi connectivity index (χ2n) is 1.70. The van der Waals surface area contributed by atoms with E-state index in [9.17, 15) is 23.8 Å². The van der Waals surface area contributed by atoms with Gasteiger partial charge in [-0.25, -0.2) is 0 Å². The summed E-state index contributed by atoms with van der Waals surface area (Å²) in [6, 6.07) is 0. The van der Waals surface area contributed by atoms with Gasteiger partial charge in [0.05, 0.1) is 6.26 Å². The molecule has 0 fully saturated rings. The zero-order valence-electron chi connectivity index (χ0n) is 6.06. The fourth-order valence-electron chi connectivity index (χ4n) is 0.332. The molecular weight excluding hydrogens is 262 g/mol. The van der Waals surface area contributed by atoms with E-state index < -0.39 is 20.8 Å². The van der Waals surface area contributed by atoms with Crippen LogP contribution < -0.4 is 14.7 Å². The molecule has 13 heavy (non-hydrogen) atoms. The van der Waals surface area contributed by atoms with E-state index in [2.05, 4.69) is 11.1 Å². The summed E-state index contributed by atoms with van der Waals surface area (Å²) >= 11 is 0. The van der Waals surface area contributed by atoms with Crippen LogP contribution in [0.4, 0.5) is 0 Å². The standard InChI is InChI=1S/C3H8O7P2.Cr/c1-2-10-12(8,9)3(4)11(5,6)7;/h2-4H,1H2,(H,8,9)(H2,5,6,7);/q;+3/p-3. The van der Waals surface area contributed by atoms with Gasteiger partial charge in [0.25, 0.3) is 0 Å². The molecule has 0 heterocycles. The van der Waals surface area contributed by atoms with Gasteiger partial charge in [-0.3, -0.25) is 4.57 Å². The van der Waals surface area contributed by atoms with Crippen LogP contribution in [0.15, 0.2) is 12.8 Å². The molecule has 0 saturated carbocycles. The molecule has 2 atom stereocenters. The quantitative estimate of drug-likeness (QED) is 0.455. The maximum Gasteiger partial charge on any atom is 3.00 e. The third-order valence-corrected chi connectivity index (χ3v) is 4.06. The second kappa shape index (κ2) is 5.30. The molecule has 1 N–H and O–H groups in total. The minimum atomic E-state index is -5.60. The largest absolute Gasteiger partial charge is 3.00 e. The Kier molecular flexibility index (Phi) is 6.46. The average Bonchev–Trinajstić information content (AvgIpc) is 1.84. The van der Waals surface area contributed by atoms with Crippen molar-refractivity contribution in [3.8, 4) is 0 Å². The van der Waals surface area contributed by atoms with E-state index >= 15 is 0 Å². The smallest absolute Gasteiger partial charge is 0.809 e. The molecule has 0 bridgehead atoms. The van der Waals surface area contributed by atoms with Crippen molar-refractivity contribution in [3.05, 3.63) is 12.8 Å². The molecule has 10 heteroatoms. The molecular formula is C3H5CrO7P2. The maximum atomic E-state index is 10.5. The number of hydrogen-bond donors (Lipinski definition) is 1. The summed E-state index contributed by atoms with van der Waals surface area (Å²) in [6.07, 6.45) is 0.395. The number of hydrogen-bond acceptors (Lipinski definition) is 7. The van der Waals surface area contributed by atoms with Gasteiger partial charge in [-0.15, -0.1) is 0 Å². The molecule has 7 nitrogen and oxygen atoms in total. The first-order chi connectivity index (χ1) is 5.22. The molecule has 0 aromatic heterocycles. The van der Waals surface area contributed by atoms with Gasteiger partial charge in [0.15, 0.2) is 5.59 Å². The molecule has 0 aromatic carbocycles. The van der Waals surface area contributed by atoms with Crippen molar-refractivity contribution in [2.45, 2.75) is 5.59 Å². The average molecular weight is 267 g/mol. The fraction of sp³-hybridized carbons (Fsp3) is 0.333. The normalized spacial score (nSPS) is 17.8. The van der Waals surface area contributed by atoms with Crippen molar-refractivity contribution in [2.24, 2.45) is 0 Å². The predicted molar refractivity (Wildman–Crippen MR) is 32.5 cm³/mol. The molecule has 0 aromatic rings. The first-order valence-electron chi connectivity index (χ1n) is 2.51. The van der Waals surface area contributed by atoms with Gasteiger partial charge in [-0.2, -0.15) is 0 Å². The zero-order valence-corrected chi connectivity index (χ0v) is 9.13. The summed E-state index contributed by atoms with van der Waals surface area (Å²) in [4.78, 5) is 30.5. The van der Waals surface area contributed by atoms with Gasteiger partial charge >= 0.3 is 17.4 Å². The van der Waals surface area contributed by atoms with Crippen molar-refractivity contribution >= 4 is 15.2 Å². The van der Waals surface area contributed by atoms with Gasteiger partial charge in [-0.05, 0) is 7.60 Å². The zero-order chi connectivity index (χ0) is 9.99. The van der Waals surface area contributed by atoms with Gasteiger partial charge in [0.1, 0.15) is 0 Å². The van der Waals surface area contributed by atoms with Crippen LogP contribution in [0.3, 0.4) is 0 Å². The molecule has 0 saturated heterocycles. The van der Waals surface area contributed by atoms with E-state index in [1.807, 2.05) is 0 Å². The molecule has 75 valence electrons. The Hall–Kier alpha value is 0.372. The van der Waals surface area contributed by atoms with E-state index in [-0.39, 0.29) is 17.4 Å². The van der Waals surface area contributed by atoms with Crippen LogP contribution in [0.25, 0.3) is 0 Å². The molecule has 0 amide bonds. The van der Waals surface area contributed by atoms with Crippen molar-refractivity contribution in [2.75, 3.05) is 0 Å². The summed E-state index contributed by atoms with van der Waals surface area (Å²) in [5.74, 6) is 0. The van der Waals surface area contributed by atoms with E-state index in [1.165, 1.54) is 0 Å². The molecule has 0 spiro atoms. The minimum absolute atomic E-state index is 0. The Labute approximate surface area is 84.9 Å². The summed E-state index contributed by atoms with van der Waals surface area (Å²) in [5, 5.41) is 8.41. The van der Waals surface area contributed by atoms with Crippen molar-refractivity contribution in [3.63, 3.8) is 0 Å². The molecule has 0 aliphatic carbocycles.